The Morgan fingerprint density at radius 2 is 2.12 bits per heavy atom. The molecule has 3 N–H and O–H groups in total. The molecule has 0 spiro atoms. The van der Waals surface area contributed by atoms with E-state index in [0.29, 0.717) is 5.56 Å². The van der Waals surface area contributed by atoms with Gasteiger partial charge in [0.1, 0.15) is 18.7 Å². The van der Waals surface area contributed by atoms with Gasteiger partial charge in [0.05, 0.1) is 12.7 Å². The summed E-state index contributed by atoms with van der Waals surface area (Å²) in [5.74, 6) is -0.547. The molecule has 3 rings (SSSR count). The molecule has 1 aliphatic heterocycles. The highest BCUT2D eigenvalue weighted by atomic mass is 16.5. The van der Waals surface area contributed by atoms with Crippen LogP contribution in [0, 0.1) is 6.92 Å². The van der Waals surface area contributed by atoms with Crippen LogP contribution in [0.15, 0.2) is 35.4 Å². The number of aromatic nitrogens is 3. The number of benzene rings is 1. The molecule has 1 aromatic heterocycles. The smallest absolute Gasteiger partial charge is 0.354 e. The summed E-state index contributed by atoms with van der Waals surface area (Å²) >= 11 is 0. The van der Waals surface area contributed by atoms with E-state index in [2.05, 4.69) is 15.3 Å². The number of rotatable bonds is 4. The molecule has 0 radical (unpaired) electrons. The lowest BCUT2D eigenvalue weighted by Crippen LogP contribution is -2.29. The lowest BCUT2D eigenvalue weighted by molar-refractivity contribution is -0.0462. The van der Waals surface area contributed by atoms with Crippen LogP contribution in [0.4, 0.5) is 5.95 Å². The van der Waals surface area contributed by atoms with E-state index in [-0.39, 0.29) is 19.0 Å². The predicted molar refractivity (Wildman–Crippen MR) is 87.0 cm³/mol. The van der Waals surface area contributed by atoms with Gasteiger partial charge in [-0.05, 0) is 19.1 Å². The second-order valence-electron chi connectivity index (χ2n) is 5.80. The number of carbonyl (C=O) groups excluding carboxylic acids is 1. The molecule has 132 valence electrons. The molecule has 2 aromatic rings. The van der Waals surface area contributed by atoms with Crippen molar-refractivity contribution in [1.82, 2.24) is 14.5 Å². The normalized spacial score (nSPS) is 22.8. The van der Waals surface area contributed by atoms with E-state index < -0.39 is 30.0 Å². The molecule has 1 fully saturated rings. The van der Waals surface area contributed by atoms with Crippen molar-refractivity contribution >= 4 is 11.9 Å². The van der Waals surface area contributed by atoms with Gasteiger partial charge in [-0.1, -0.05) is 17.7 Å². The molecule has 1 aliphatic rings. The van der Waals surface area contributed by atoms with Crippen LogP contribution >= 0.6 is 0 Å². The highest BCUT2D eigenvalue weighted by Gasteiger charge is 2.35. The Hall–Kier alpha value is -2.62. The van der Waals surface area contributed by atoms with Crippen molar-refractivity contribution in [3.05, 3.63) is 52.2 Å². The number of aliphatic hydroxyl groups is 2. The fourth-order valence-electron chi connectivity index (χ4n) is 2.53. The number of nitrogens with zero attached hydrogens (tertiary/aromatic N) is 3. The summed E-state index contributed by atoms with van der Waals surface area (Å²) in [5, 5.41) is 21.3. The first-order valence-electron chi connectivity index (χ1n) is 7.75. The topological polar surface area (TPSA) is 127 Å². The van der Waals surface area contributed by atoms with E-state index >= 15 is 0 Å². The van der Waals surface area contributed by atoms with Crippen LogP contribution in [0.5, 0.6) is 0 Å². The number of hydrogen-bond donors (Lipinski definition) is 3. The zero-order chi connectivity index (χ0) is 18.0. The molecule has 0 bridgehead atoms. The molecule has 1 saturated heterocycles. The van der Waals surface area contributed by atoms with Gasteiger partial charge in [0.2, 0.25) is 5.95 Å². The summed E-state index contributed by atoms with van der Waals surface area (Å²) in [6, 6.07) is 6.92. The lowest BCUT2D eigenvalue weighted by Gasteiger charge is -2.14. The summed E-state index contributed by atoms with van der Waals surface area (Å²) in [5.41, 5.74) is 0.770. The first-order chi connectivity index (χ1) is 12.0. The summed E-state index contributed by atoms with van der Waals surface area (Å²) in [4.78, 5) is 31.9. The number of ether oxygens (including phenoxy) is 1. The molecule has 0 aliphatic carbocycles. The van der Waals surface area contributed by atoms with Gasteiger partial charge in [-0.25, -0.2) is 9.78 Å². The van der Waals surface area contributed by atoms with Gasteiger partial charge in [0, 0.05) is 12.0 Å². The Balaban J connectivity index is 1.73. The molecular weight excluding hydrogens is 328 g/mol. The molecule has 3 atom stereocenters. The van der Waals surface area contributed by atoms with Gasteiger partial charge in [0.25, 0.3) is 5.91 Å². The molecule has 1 aromatic carbocycles. The van der Waals surface area contributed by atoms with E-state index in [0.717, 1.165) is 10.1 Å². The molecule has 0 saturated carbocycles. The van der Waals surface area contributed by atoms with Gasteiger partial charge < -0.3 is 14.9 Å². The molecule has 1 amide bonds. The zero-order valence-corrected chi connectivity index (χ0v) is 13.5. The largest absolute Gasteiger partial charge is 0.394 e. The zero-order valence-electron chi connectivity index (χ0n) is 13.5. The van der Waals surface area contributed by atoms with Gasteiger partial charge >= 0.3 is 5.69 Å². The van der Waals surface area contributed by atoms with Crippen molar-refractivity contribution in [2.45, 2.75) is 31.8 Å². The highest BCUT2D eigenvalue weighted by molar-refractivity contribution is 6.03. The molecule has 9 heteroatoms. The number of anilines is 1. The fourth-order valence-corrected chi connectivity index (χ4v) is 2.53. The SMILES string of the molecule is Cc1ccc(C(=O)Nc2ncn(C3CC(O)C(CO)O3)c(=O)n2)cc1. The van der Waals surface area contributed by atoms with Crippen LogP contribution in [0.25, 0.3) is 0 Å². The maximum absolute atomic E-state index is 12.1. The van der Waals surface area contributed by atoms with Crippen LogP contribution in [0.3, 0.4) is 0 Å². The van der Waals surface area contributed by atoms with Crippen molar-refractivity contribution < 1.29 is 19.7 Å². The van der Waals surface area contributed by atoms with Gasteiger partial charge in [-0.2, -0.15) is 4.98 Å². The number of aryl methyl sites for hydroxylation is 1. The Morgan fingerprint density at radius 3 is 2.72 bits per heavy atom. The molecule has 25 heavy (non-hydrogen) atoms. The van der Waals surface area contributed by atoms with Gasteiger partial charge in [-0.15, -0.1) is 0 Å². The third kappa shape index (κ3) is 3.73. The third-order valence-corrected chi connectivity index (χ3v) is 3.96. The summed E-state index contributed by atoms with van der Waals surface area (Å²) in [6.07, 6.45) is -1.05. The van der Waals surface area contributed by atoms with E-state index in [1.54, 1.807) is 24.3 Å². The monoisotopic (exact) mass is 346 g/mol. The Morgan fingerprint density at radius 1 is 1.40 bits per heavy atom. The van der Waals surface area contributed by atoms with Crippen molar-refractivity contribution in [2.24, 2.45) is 0 Å². The minimum absolute atomic E-state index is 0.121. The highest BCUT2D eigenvalue weighted by Crippen LogP contribution is 2.27. The lowest BCUT2D eigenvalue weighted by atomic mass is 10.1. The fraction of sp³-hybridized carbons (Fsp3) is 0.375. The van der Waals surface area contributed by atoms with Crippen LogP contribution in [0.2, 0.25) is 0 Å². The van der Waals surface area contributed by atoms with Crippen molar-refractivity contribution in [1.29, 1.82) is 0 Å². The molecule has 2 heterocycles. The van der Waals surface area contributed by atoms with Crippen LogP contribution in [0.1, 0.15) is 28.6 Å². The van der Waals surface area contributed by atoms with E-state index in [4.69, 9.17) is 9.84 Å². The average Bonchev–Trinajstić information content (AvgIpc) is 2.96. The quantitative estimate of drug-likeness (QED) is 0.702. The summed E-state index contributed by atoms with van der Waals surface area (Å²) in [6.45, 7) is 1.56. The minimum Gasteiger partial charge on any atom is -0.394 e. The Labute approximate surface area is 142 Å². The second kappa shape index (κ2) is 7.09. The van der Waals surface area contributed by atoms with E-state index in [1.807, 2.05) is 6.92 Å². The number of aliphatic hydroxyl groups excluding tert-OH is 2. The maximum Gasteiger partial charge on any atom is 0.354 e. The van der Waals surface area contributed by atoms with E-state index in [1.165, 1.54) is 6.33 Å². The molecule has 9 nitrogen and oxygen atoms in total. The Kier molecular flexibility index (Phi) is 4.88. The number of carbonyl (C=O) groups is 1. The third-order valence-electron chi connectivity index (χ3n) is 3.96. The van der Waals surface area contributed by atoms with Crippen LogP contribution in [-0.2, 0) is 4.74 Å². The number of amides is 1. The molecule has 3 unspecified atom stereocenters. The van der Waals surface area contributed by atoms with Crippen LogP contribution < -0.4 is 11.0 Å². The average molecular weight is 346 g/mol. The minimum atomic E-state index is -0.872. The Bertz CT molecular complexity index is 820. The number of hydrogen-bond acceptors (Lipinski definition) is 7. The van der Waals surface area contributed by atoms with Crippen molar-refractivity contribution in [3.8, 4) is 0 Å². The van der Waals surface area contributed by atoms with Gasteiger partial charge in [-0.3, -0.25) is 14.7 Å². The van der Waals surface area contributed by atoms with Crippen molar-refractivity contribution in [2.75, 3.05) is 11.9 Å². The summed E-state index contributed by atoms with van der Waals surface area (Å²) < 4.78 is 6.50. The number of nitrogens with one attached hydrogen (secondary N) is 1. The van der Waals surface area contributed by atoms with E-state index in [9.17, 15) is 14.7 Å². The van der Waals surface area contributed by atoms with Crippen LogP contribution in [-0.4, -0.2) is 49.5 Å². The summed E-state index contributed by atoms with van der Waals surface area (Å²) in [7, 11) is 0. The predicted octanol–water partition coefficient (Wildman–Crippen LogP) is -0.160. The van der Waals surface area contributed by atoms with Gasteiger partial charge in [0.15, 0.2) is 0 Å². The van der Waals surface area contributed by atoms with Crippen molar-refractivity contribution in [3.63, 3.8) is 0 Å². The first-order valence-corrected chi connectivity index (χ1v) is 7.75. The standard InChI is InChI=1S/C16H18N4O5/c1-9-2-4-10(5-3-9)14(23)18-15-17-8-20(16(24)19-15)13-6-11(22)12(7-21)25-13/h2-5,8,11-13,21-22H,6-7H2,1H3,(H,18,19,23,24). The first kappa shape index (κ1) is 17.2. The molecular formula is C16H18N4O5. The maximum atomic E-state index is 12.1. The second-order valence-corrected chi connectivity index (χ2v) is 5.80.